The maximum atomic E-state index is 14.0. The Bertz CT molecular complexity index is 594. The van der Waals surface area contributed by atoms with Crippen LogP contribution >= 0.6 is 0 Å². The molecule has 0 amide bonds. The van der Waals surface area contributed by atoms with Crippen LogP contribution in [0.4, 0.5) is 10.1 Å². The minimum absolute atomic E-state index is 0.114. The summed E-state index contributed by atoms with van der Waals surface area (Å²) in [6.07, 6.45) is 7.10. The molecule has 2 rings (SSSR count). The van der Waals surface area contributed by atoms with E-state index in [0.29, 0.717) is 5.56 Å². The van der Waals surface area contributed by atoms with E-state index in [9.17, 15) is 12.8 Å². The van der Waals surface area contributed by atoms with Gasteiger partial charge >= 0.3 is 0 Å². The van der Waals surface area contributed by atoms with Crippen LogP contribution in [0.3, 0.4) is 0 Å². The van der Waals surface area contributed by atoms with Crippen LogP contribution in [0.25, 0.3) is 0 Å². The van der Waals surface area contributed by atoms with E-state index in [1.807, 2.05) is 0 Å². The molecular weight excluding hydrogens is 291 g/mol. The molecule has 0 atom stereocenters. The average molecular weight is 314 g/mol. The molecule has 1 aromatic rings. The molecule has 0 aromatic heterocycles. The van der Waals surface area contributed by atoms with Crippen molar-refractivity contribution in [1.82, 2.24) is 4.72 Å². The third-order valence-corrected chi connectivity index (χ3v) is 5.57. The summed E-state index contributed by atoms with van der Waals surface area (Å²) >= 11 is 0. The number of benzene rings is 1. The zero-order valence-corrected chi connectivity index (χ0v) is 13.2. The van der Waals surface area contributed by atoms with E-state index >= 15 is 0 Å². The maximum Gasteiger partial charge on any atom is 0.243 e. The van der Waals surface area contributed by atoms with E-state index in [0.717, 1.165) is 38.5 Å². The van der Waals surface area contributed by atoms with Gasteiger partial charge in [-0.15, -0.1) is 0 Å². The van der Waals surface area contributed by atoms with Crippen molar-refractivity contribution in [2.24, 2.45) is 0 Å². The summed E-state index contributed by atoms with van der Waals surface area (Å²) in [7, 11) is -3.86. The van der Waals surface area contributed by atoms with Crippen molar-refractivity contribution in [1.29, 1.82) is 0 Å². The Labute approximate surface area is 126 Å². The number of hydrogen-bond donors (Lipinski definition) is 2. The number of anilines is 1. The Morgan fingerprint density at radius 1 is 1.14 bits per heavy atom. The maximum absolute atomic E-state index is 14.0. The second kappa shape index (κ2) is 6.75. The molecule has 1 aliphatic carbocycles. The zero-order chi connectivity index (χ0) is 15.5. The fourth-order valence-electron chi connectivity index (χ4n) is 2.73. The lowest BCUT2D eigenvalue weighted by Gasteiger charge is -2.21. The van der Waals surface area contributed by atoms with Gasteiger partial charge in [-0.1, -0.05) is 32.1 Å². The Morgan fingerprint density at radius 2 is 1.71 bits per heavy atom. The lowest BCUT2D eigenvalue weighted by molar-refractivity contribution is 0.425. The SMILES string of the molecule is Cc1cc(F)c(S(=O)(=O)NC2CCCCCCC2)cc1N. The normalized spacial score (nSPS) is 18.2. The number of nitrogen functional groups attached to an aromatic ring is 1. The molecule has 6 heteroatoms. The predicted molar refractivity (Wildman–Crippen MR) is 82.0 cm³/mol. The number of hydrogen-bond acceptors (Lipinski definition) is 3. The molecule has 4 nitrogen and oxygen atoms in total. The summed E-state index contributed by atoms with van der Waals surface area (Å²) in [6, 6.07) is 2.26. The smallest absolute Gasteiger partial charge is 0.243 e. The van der Waals surface area contributed by atoms with Gasteiger partial charge in [0.05, 0.1) is 0 Å². The van der Waals surface area contributed by atoms with Gasteiger partial charge in [0.15, 0.2) is 0 Å². The van der Waals surface area contributed by atoms with Gasteiger partial charge in [0.1, 0.15) is 10.7 Å². The van der Waals surface area contributed by atoms with E-state index in [2.05, 4.69) is 4.72 Å². The first-order valence-corrected chi connectivity index (χ1v) is 8.96. The Balaban J connectivity index is 2.19. The molecule has 3 N–H and O–H groups in total. The molecule has 1 aromatic carbocycles. The molecule has 0 heterocycles. The summed E-state index contributed by atoms with van der Waals surface area (Å²) in [5, 5.41) is 0. The van der Waals surface area contributed by atoms with Crippen LogP contribution in [0.15, 0.2) is 17.0 Å². The minimum atomic E-state index is -3.86. The highest BCUT2D eigenvalue weighted by Gasteiger charge is 2.24. The number of halogens is 1. The van der Waals surface area contributed by atoms with Crippen LogP contribution in [0.2, 0.25) is 0 Å². The van der Waals surface area contributed by atoms with Gasteiger partial charge in [-0.2, -0.15) is 0 Å². The minimum Gasteiger partial charge on any atom is -0.398 e. The molecule has 1 fully saturated rings. The van der Waals surface area contributed by atoms with Gasteiger partial charge in [-0.05, 0) is 37.5 Å². The standard InChI is InChI=1S/C15H23FN2O2S/c1-11-9-13(16)15(10-14(11)17)21(19,20)18-12-7-5-3-2-4-6-8-12/h9-10,12,18H,2-8,17H2,1H3. The third kappa shape index (κ3) is 4.17. The molecule has 1 aliphatic rings. The Morgan fingerprint density at radius 3 is 2.33 bits per heavy atom. The summed E-state index contributed by atoms with van der Waals surface area (Å²) in [5.41, 5.74) is 6.53. The van der Waals surface area contributed by atoms with E-state index in [1.165, 1.54) is 18.6 Å². The first-order valence-electron chi connectivity index (χ1n) is 7.48. The first-order chi connectivity index (χ1) is 9.90. The van der Waals surface area contributed by atoms with Crippen LogP contribution in [0.5, 0.6) is 0 Å². The lowest BCUT2D eigenvalue weighted by atomic mass is 9.97. The van der Waals surface area contributed by atoms with E-state index in [-0.39, 0.29) is 16.6 Å². The molecule has 0 spiro atoms. The zero-order valence-electron chi connectivity index (χ0n) is 12.4. The van der Waals surface area contributed by atoms with Gasteiger partial charge < -0.3 is 5.73 Å². The van der Waals surface area contributed by atoms with Crippen molar-refractivity contribution in [2.45, 2.75) is 62.8 Å². The summed E-state index contributed by atoms with van der Waals surface area (Å²) in [5.74, 6) is -0.750. The van der Waals surface area contributed by atoms with Crippen molar-refractivity contribution < 1.29 is 12.8 Å². The van der Waals surface area contributed by atoms with Crippen molar-refractivity contribution in [2.75, 3.05) is 5.73 Å². The van der Waals surface area contributed by atoms with Gasteiger partial charge in [0.25, 0.3) is 0 Å². The lowest BCUT2D eigenvalue weighted by Crippen LogP contribution is -2.35. The molecule has 21 heavy (non-hydrogen) atoms. The molecule has 0 aliphatic heterocycles. The number of nitrogens with one attached hydrogen (secondary N) is 1. The highest BCUT2D eigenvalue weighted by Crippen LogP contribution is 2.23. The van der Waals surface area contributed by atoms with Gasteiger partial charge in [-0.25, -0.2) is 17.5 Å². The topological polar surface area (TPSA) is 72.2 Å². The second-order valence-corrected chi connectivity index (χ2v) is 7.48. The molecule has 1 saturated carbocycles. The summed E-state index contributed by atoms with van der Waals surface area (Å²) in [4.78, 5) is -0.354. The first kappa shape index (κ1) is 16.2. The number of nitrogens with two attached hydrogens (primary N) is 1. The van der Waals surface area contributed by atoms with Crippen LogP contribution in [0.1, 0.15) is 50.5 Å². The molecule has 0 saturated heterocycles. The summed E-state index contributed by atoms with van der Waals surface area (Å²) in [6.45, 7) is 1.65. The van der Waals surface area contributed by atoms with Crippen LogP contribution in [0, 0.1) is 12.7 Å². The van der Waals surface area contributed by atoms with Gasteiger partial charge in [0, 0.05) is 11.7 Å². The van der Waals surface area contributed by atoms with Crippen molar-refractivity contribution in [3.05, 3.63) is 23.5 Å². The number of sulfonamides is 1. The Hall–Kier alpha value is -1.14. The van der Waals surface area contributed by atoms with Crippen molar-refractivity contribution in [3.63, 3.8) is 0 Å². The predicted octanol–water partition coefficient (Wildman–Crippen LogP) is 3.11. The quantitative estimate of drug-likeness (QED) is 0.842. The van der Waals surface area contributed by atoms with E-state index in [1.54, 1.807) is 6.92 Å². The van der Waals surface area contributed by atoms with E-state index < -0.39 is 15.8 Å². The van der Waals surface area contributed by atoms with Crippen LogP contribution in [-0.2, 0) is 10.0 Å². The largest absolute Gasteiger partial charge is 0.398 e. The molecule has 0 unspecified atom stereocenters. The summed E-state index contributed by atoms with van der Waals surface area (Å²) < 4.78 is 41.3. The van der Waals surface area contributed by atoms with E-state index in [4.69, 9.17) is 5.73 Å². The molecule has 0 radical (unpaired) electrons. The molecule has 0 bridgehead atoms. The van der Waals surface area contributed by atoms with Gasteiger partial charge in [0.2, 0.25) is 10.0 Å². The number of aryl methyl sites for hydroxylation is 1. The van der Waals surface area contributed by atoms with Crippen LogP contribution < -0.4 is 10.5 Å². The fourth-order valence-corrected chi connectivity index (χ4v) is 4.13. The highest BCUT2D eigenvalue weighted by molar-refractivity contribution is 7.89. The average Bonchev–Trinajstić information content (AvgIpc) is 2.36. The monoisotopic (exact) mass is 314 g/mol. The third-order valence-electron chi connectivity index (χ3n) is 4.04. The Kier molecular flexibility index (Phi) is 5.22. The van der Waals surface area contributed by atoms with Crippen molar-refractivity contribution in [3.8, 4) is 0 Å². The van der Waals surface area contributed by atoms with Crippen molar-refractivity contribution >= 4 is 15.7 Å². The van der Waals surface area contributed by atoms with Gasteiger partial charge in [-0.3, -0.25) is 0 Å². The number of rotatable bonds is 3. The molecular formula is C15H23FN2O2S. The molecule has 118 valence electrons. The highest BCUT2D eigenvalue weighted by atomic mass is 32.2. The van der Waals surface area contributed by atoms with Crippen LogP contribution in [-0.4, -0.2) is 14.5 Å². The fraction of sp³-hybridized carbons (Fsp3) is 0.600. The second-order valence-electron chi connectivity index (χ2n) is 5.80.